The van der Waals surface area contributed by atoms with Gasteiger partial charge in [-0.05, 0) is 34.7 Å². The number of rotatable bonds is 3. The van der Waals surface area contributed by atoms with Crippen LogP contribution in [0.4, 0.5) is 0 Å². The first-order valence-corrected chi connectivity index (χ1v) is 4.05. The lowest BCUT2D eigenvalue weighted by atomic mass is 10.0. The molecule has 0 amide bonds. The first-order chi connectivity index (χ1) is 5.34. The summed E-state index contributed by atoms with van der Waals surface area (Å²) in [4.78, 5) is 2.04. The van der Waals surface area contributed by atoms with Crippen molar-refractivity contribution in [2.75, 3.05) is 7.05 Å². The van der Waals surface area contributed by atoms with Crippen LogP contribution in [0.3, 0.4) is 0 Å². The van der Waals surface area contributed by atoms with E-state index in [0.717, 1.165) is 0 Å². The molecule has 0 saturated heterocycles. The summed E-state index contributed by atoms with van der Waals surface area (Å²) in [5.41, 5.74) is 5.15. The summed E-state index contributed by atoms with van der Waals surface area (Å²) >= 11 is 0. The summed E-state index contributed by atoms with van der Waals surface area (Å²) < 4.78 is 0. The Hall–Kier alpha value is -0.770. The van der Waals surface area contributed by atoms with Crippen molar-refractivity contribution in [2.24, 2.45) is 10.9 Å². The number of likely N-dealkylation sites (N-methyl/N-ethyl adjacent to an activating group) is 1. The van der Waals surface area contributed by atoms with Crippen molar-refractivity contribution in [1.29, 1.82) is 0 Å². The van der Waals surface area contributed by atoms with Crippen LogP contribution >= 0.6 is 0 Å². The molecule has 0 saturated carbocycles. The quantitative estimate of drug-likeness (QED) is 0.288. The maximum Gasteiger partial charge on any atom is 0.159 e. The van der Waals surface area contributed by atoms with E-state index in [0.29, 0.717) is 6.04 Å². The third-order valence-electron chi connectivity index (χ3n) is 2.39. The van der Waals surface area contributed by atoms with Gasteiger partial charge in [-0.3, -0.25) is 4.90 Å². The normalized spacial score (nSPS) is 14.4. The molecule has 0 aromatic heterocycles. The van der Waals surface area contributed by atoms with Crippen molar-refractivity contribution >= 4 is 5.84 Å². The van der Waals surface area contributed by atoms with Crippen LogP contribution in [0, 0.1) is 0 Å². The molecule has 3 N–H and O–H groups in total. The fraction of sp³-hybridized carbons (Fsp3) is 0.875. The highest BCUT2D eigenvalue weighted by atomic mass is 16.4. The van der Waals surface area contributed by atoms with E-state index in [1.165, 1.54) is 0 Å². The van der Waals surface area contributed by atoms with Gasteiger partial charge in [0, 0.05) is 6.04 Å². The Kier molecular flexibility index (Phi) is 3.52. The highest BCUT2D eigenvalue weighted by Crippen LogP contribution is 2.14. The summed E-state index contributed by atoms with van der Waals surface area (Å²) in [5, 5.41) is 11.6. The lowest BCUT2D eigenvalue weighted by Gasteiger charge is -2.37. The molecule has 0 spiro atoms. The van der Waals surface area contributed by atoms with Crippen molar-refractivity contribution < 1.29 is 5.21 Å². The minimum absolute atomic E-state index is 0.235. The molecular formula is C8H19N3O. The van der Waals surface area contributed by atoms with E-state index in [2.05, 4.69) is 19.0 Å². The summed E-state index contributed by atoms with van der Waals surface area (Å²) in [5.74, 6) is 0.235. The summed E-state index contributed by atoms with van der Waals surface area (Å²) in [6.45, 7) is 7.96. The van der Waals surface area contributed by atoms with E-state index < -0.39 is 5.54 Å². The van der Waals surface area contributed by atoms with Crippen molar-refractivity contribution in [1.82, 2.24) is 4.90 Å². The molecule has 0 aromatic carbocycles. The molecule has 0 unspecified atom stereocenters. The van der Waals surface area contributed by atoms with Gasteiger partial charge in [-0.1, -0.05) is 5.16 Å². The molecule has 12 heavy (non-hydrogen) atoms. The van der Waals surface area contributed by atoms with E-state index in [4.69, 9.17) is 10.9 Å². The monoisotopic (exact) mass is 173 g/mol. The Labute approximate surface area is 74.0 Å². The third kappa shape index (κ3) is 2.11. The maximum absolute atomic E-state index is 8.54. The molecule has 0 atom stereocenters. The zero-order chi connectivity index (χ0) is 9.94. The highest BCUT2D eigenvalue weighted by molar-refractivity contribution is 5.88. The molecule has 0 fully saturated rings. The smallest absolute Gasteiger partial charge is 0.159 e. The Balaban J connectivity index is 4.60. The van der Waals surface area contributed by atoms with E-state index >= 15 is 0 Å². The fourth-order valence-corrected chi connectivity index (χ4v) is 0.949. The number of nitrogens with two attached hydrogens (primary N) is 1. The van der Waals surface area contributed by atoms with Crippen molar-refractivity contribution in [3.63, 3.8) is 0 Å². The average molecular weight is 173 g/mol. The van der Waals surface area contributed by atoms with Crippen LogP contribution in [0.5, 0.6) is 0 Å². The van der Waals surface area contributed by atoms with Gasteiger partial charge in [0.1, 0.15) is 0 Å². The first-order valence-electron chi connectivity index (χ1n) is 4.05. The number of hydrogen-bond acceptors (Lipinski definition) is 3. The van der Waals surface area contributed by atoms with Gasteiger partial charge in [0.2, 0.25) is 0 Å². The molecule has 0 aromatic rings. The Bertz CT molecular complexity index is 175. The zero-order valence-electron chi connectivity index (χ0n) is 8.50. The first kappa shape index (κ1) is 11.2. The van der Waals surface area contributed by atoms with Gasteiger partial charge in [-0.2, -0.15) is 0 Å². The SMILES string of the molecule is CC(C)N(C)C(C)(C)/C(N)=N/O. The van der Waals surface area contributed by atoms with Gasteiger partial charge >= 0.3 is 0 Å². The van der Waals surface area contributed by atoms with Gasteiger partial charge in [-0.25, -0.2) is 0 Å². The zero-order valence-corrected chi connectivity index (χ0v) is 8.50. The number of oxime groups is 1. The molecule has 0 rings (SSSR count). The topological polar surface area (TPSA) is 61.8 Å². The molecule has 0 aliphatic carbocycles. The number of hydrogen-bond donors (Lipinski definition) is 2. The lowest BCUT2D eigenvalue weighted by molar-refractivity contribution is 0.170. The number of nitrogens with zero attached hydrogens (tertiary/aromatic N) is 2. The third-order valence-corrected chi connectivity index (χ3v) is 2.39. The molecule has 0 heterocycles. The second-order valence-electron chi connectivity index (χ2n) is 3.75. The molecule has 72 valence electrons. The second kappa shape index (κ2) is 3.76. The van der Waals surface area contributed by atoms with Crippen LogP contribution in [0.1, 0.15) is 27.7 Å². The Morgan fingerprint density at radius 3 is 2.17 bits per heavy atom. The summed E-state index contributed by atoms with van der Waals surface area (Å²) in [6.07, 6.45) is 0. The molecule has 4 heteroatoms. The van der Waals surface area contributed by atoms with E-state index in [-0.39, 0.29) is 5.84 Å². The van der Waals surface area contributed by atoms with Crippen LogP contribution in [0.15, 0.2) is 5.16 Å². The standard InChI is InChI=1S/C8H19N3O/c1-6(2)11(5)8(3,4)7(9)10-12/h6,12H,1-5H3,(H2,9,10). The van der Waals surface area contributed by atoms with Crippen LogP contribution in [-0.2, 0) is 0 Å². The van der Waals surface area contributed by atoms with Crippen LogP contribution in [0.25, 0.3) is 0 Å². The van der Waals surface area contributed by atoms with E-state index in [1.54, 1.807) is 0 Å². The van der Waals surface area contributed by atoms with E-state index in [9.17, 15) is 0 Å². The minimum atomic E-state index is -0.400. The van der Waals surface area contributed by atoms with Crippen molar-refractivity contribution in [2.45, 2.75) is 39.3 Å². The number of amidine groups is 1. The lowest BCUT2D eigenvalue weighted by Crippen LogP contribution is -2.54. The predicted molar refractivity (Wildman–Crippen MR) is 50.4 cm³/mol. The predicted octanol–water partition coefficient (Wildman–Crippen LogP) is 0.852. The van der Waals surface area contributed by atoms with Crippen LogP contribution < -0.4 is 5.73 Å². The molecule has 0 radical (unpaired) electrons. The Morgan fingerprint density at radius 2 is 1.92 bits per heavy atom. The van der Waals surface area contributed by atoms with Gasteiger partial charge in [0.05, 0.1) is 5.54 Å². The summed E-state index contributed by atoms with van der Waals surface area (Å²) in [6, 6.07) is 0.361. The summed E-state index contributed by atoms with van der Waals surface area (Å²) in [7, 11) is 1.95. The van der Waals surface area contributed by atoms with Crippen LogP contribution in [-0.4, -0.2) is 34.6 Å². The largest absolute Gasteiger partial charge is 0.409 e. The van der Waals surface area contributed by atoms with Gasteiger partial charge < -0.3 is 10.9 Å². The fourth-order valence-electron chi connectivity index (χ4n) is 0.949. The Morgan fingerprint density at radius 1 is 1.50 bits per heavy atom. The molecule has 0 bridgehead atoms. The molecule has 0 aliphatic heterocycles. The second-order valence-corrected chi connectivity index (χ2v) is 3.75. The van der Waals surface area contributed by atoms with Gasteiger partial charge in [-0.15, -0.1) is 0 Å². The highest BCUT2D eigenvalue weighted by Gasteiger charge is 2.30. The van der Waals surface area contributed by atoms with Gasteiger partial charge in [0.25, 0.3) is 0 Å². The van der Waals surface area contributed by atoms with Crippen molar-refractivity contribution in [3.05, 3.63) is 0 Å². The van der Waals surface area contributed by atoms with Gasteiger partial charge in [0.15, 0.2) is 5.84 Å². The maximum atomic E-state index is 8.54. The average Bonchev–Trinajstić information content (AvgIpc) is 2.01. The van der Waals surface area contributed by atoms with Crippen molar-refractivity contribution in [3.8, 4) is 0 Å². The van der Waals surface area contributed by atoms with E-state index in [1.807, 2.05) is 25.8 Å². The van der Waals surface area contributed by atoms with Crippen LogP contribution in [0.2, 0.25) is 0 Å². The molecule has 4 nitrogen and oxygen atoms in total. The molecule has 0 aliphatic rings. The molecular weight excluding hydrogens is 154 g/mol. The minimum Gasteiger partial charge on any atom is -0.409 e.